The van der Waals surface area contributed by atoms with E-state index in [2.05, 4.69) is 20.8 Å². The molecular formula is C43H48F5IN10O5. The number of piperazine rings is 1. The number of rotatable bonds is 16. The number of nitrogens with one attached hydrogen (secondary N) is 2. The number of imidazole rings is 1. The lowest BCUT2D eigenvalue weighted by Gasteiger charge is -2.39. The molecule has 0 atom stereocenters. The number of alkyl halides is 2. The van der Waals surface area contributed by atoms with E-state index in [1.807, 2.05) is 60.1 Å². The van der Waals surface area contributed by atoms with Crippen LogP contribution in [0.1, 0.15) is 63.1 Å². The Bertz CT molecular complexity index is 2480. The second kappa shape index (κ2) is 19.9. The number of hydroxylamine groups is 1. The van der Waals surface area contributed by atoms with Gasteiger partial charge in [-0.1, -0.05) is 26.0 Å². The minimum Gasteiger partial charge on any atom is -0.378 e. The molecule has 342 valence electrons. The topological polar surface area (TPSA) is 152 Å². The predicted molar refractivity (Wildman–Crippen MR) is 236 cm³/mol. The molecule has 21 heteroatoms. The number of carbonyl (C=O) groups is 2. The van der Waals surface area contributed by atoms with E-state index < -0.39 is 52.3 Å². The molecule has 3 aromatic carbocycles. The molecule has 0 radical (unpaired) electrons. The number of para-hydroxylation sites is 2. The first kappa shape index (κ1) is 46.7. The molecule has 64 heavy (non-hydrogen) atoms. The molecule has 2 fully saturated rings. The van der Waals surface area contributed by atoms with E-state index in [0.717, 1.165) is 12.1 Å². The summed E-state index contributed by atoms with van der Waals surface area (Å²) in [6, 6.07) is 12.8. The summed E-state index contributed by atoms with van der Waals surface area (Å²) in [5, 5.41) is 2.48. The van der Waals surface area contributed by atoms with Crippen LogP contribution in [-0.2, 0) is 19.1 Å². The molecule has 7 rings (SSSR count). The van der Waals surface area contributed by atoms with E-state index in [-0.39, 0.29) is 36.3 Å². The van der Waals surface area contributed by atoms with Crippen molar-refractivity contribution in [2.24, 2.45) is 5.41 Å². The number of anilines is 4. The summed E-state index contributed by atoms with van der Waals surface area (Å²) >= 11 is 1.91. The molecule has 2 N–H and O–H groups in total. The maximum absolute atomic E-state index is 14.8. The van der Waals surface area contributed by atoms with Gasteiger partial charge in [0.25, 0.3) is 12.3 Å². The summed E-state index contributed by atoms with van der Waals surface area (Å²) in [5.74, 6) is -4.05. The van der Waals surface area contributed by atoms with E-state index in [1.54, 1.807) is 35.2 Å². The zero-order valence-electron chi connectivity index (χ0n) is 35.6. The third-order valence-electron chi connectivity index (χ3n) is 11.0. The second-order valence-corrected chi connectivity index (χ2v) is 17.8. The molecule has 0 unspecified atom stereocenters. The highest BCUT2D eigenvalue weighted by Gasteiger charge is 2.35. The third kappa shape index (κ3) is 10.8. The van der Waals surface area contributed by atoms with Gasteiger partial charge in [-0.05, 0) is 85.3 Å². The molecule has 0 bridgehead atoms. The zero-order chi connectivity index (χ0) is 45.8. The highest BCUT2D eigenvalue weighted by molar-refractivity contribution is 14.1. The molecule has 0 aliphatic carbocycles. The van der Waals surface area contributed by atoms with Crippen molar-refractivity contribution >= 4 is 68.7 Å². The SMILES string of the molecule is CC(C)(CCONC(=O)c1ccc(F)c(F)c1Nc1ccc(I)cc1F)OCCC(C)(C)C(=O)N1CCN(c2nc(N3CCOCC3)nc(-n3c(C(F)F)nc4ccccc43)n2)CC1. The average Bonchev–Trinajstić information content (AvgIpc) is 3.68. The maximum Gasteiger partial charge on any atom is 0.296 e. The van der Waals surface area contributed by atoms with Crippen molar-refractivity contribution in [3.8, 4) is 5.95 Å². The highest BCUT2D eigenvalue weighted by Crippen LogP contribution is 2.32. The number of nitrogens with zero attached hydrogens (tertiary/aromatic N) is 8. The Morgan fingerprint density at radius 2 is 1.48 bits per heavy atom. The van der Waals surface area contributed by atoms with Crippen LogP contribution in [0.2, 0.25) is 0 Å². The summed E-state index contributed by atoms with van der Waals surface area (Å²) in [5.41, 5.74) is 0.524. The van der Waals surface area contributed by atoms with Crippen LogP contribution in [-0.4, -0.2) is 113 Å². The van der Waals surface area contributed by atoms with Crippen molar-refractivity contribution in [3.63, 3.8) is 0 Å². The summed E-state index contributed by atoms with van der Waals surface area (Å²) in [7, 11) is 0. The van der Waals surface area contributed by atoms with Gasteiger partial charge >= 0.3 is 0 Å². The highest BCUT2D eigenvalue weighted by atomic mass is 127. The minimum absolute atomic E-state index is 0.00749. The van der Waals surface area contributed by atoms with Gasteiger partial charge in [0.15, 0.2) is 17.5 Å². The van der Waals surface area contributed by atoms with Gasteiger partial charge in [0, 0.05) is 61.3 Å². The summed E-state index contributed by atoms with van der Waals surface area (Å²) in [6.07, 6.45) is -2.18. The second-order valence-electron chi connectivity index (χ2n) is 16.5. The molecule has 5 aromatic rings. The number of hydrogen-bond donors (Lipinski definition) is 2. The van der Waals surface area contributed by atoms with Gasteiger partial charge in [-0.15, -0.1) is 0 Å². The Hall–Kier alpha value is -5.26. The minimum atomic E-state index is -2.88. The van der Waals surface area contributed by atoms with Crippen LogP contribution in [0.5, 0.6) is 0 Å². The van der Waals surface area contributed by atoms with E-state index >= 15 is 0 Å². The van der Waals surface area contributed by atoms with Gasteiger partial charge in [0.2, 0.25) is 23.8 Å². The summed E-state index contributed by atoms with van der Waals surface area (Å²) in [6.45, 7) is 11.1. The number of morpholine rings is 1. The summed E-state index contributed by atoms with van der Waals surface area (Å²) in [4.78, 5) is 56.2. The molecule has 0 spiro atoms. The Kier molecular flexibility index (Phi) is 14.5. The molecule has 2 amide bonds. The molecule has 2 saturated heterocycles. The number of benzene rings is 3. The Labute approximate surface area is 379 Å². The van der Waals surface area contributed by atoms with Gasteiger partial charge in [0.1, 0.15) is 5.82 Å². The first-order valence-corrected chi connectivity index (χ1v) is 21.7. The smallest absolute Gasteiger partial charge is 0.296 e. The van der Waals surface area contributed by atoms with Crippen LogP contribution < -0.4 is 20.6 Å². The number of aromatic nitrogens is 5. The fourth-order valence-electron chi connectivity index (χ4n) is 7.25. The fraction of sp³-hybridized carbons (Fsp3) is 0.442. The van der Waals surface area contributed by atoms with Crippen LogP contribution in [0.15, 0.2) is 54.6 Å². The lowest BCUT2D eigenvalue weighted by atomic mass is 9.87. The average molecular weight is 1010 g/mol. The van der Waals surface area contributed by atoms with Crippen molar-refractivity contribution in [1.82, 2.24) is 34.9 Å². The monoisotopic (exact) mass is 1010 g/mol. The number of hydrogen-bond acceptors (Lipinski definition) is 12. The molecule has 2 aromatic heterocycles. The van der Waals surface area contributed by atoms with E-state index in [1.165, 1.54) is 16.7 Å². The van der Waals surface area contributed by atoms with Crippen molar-refractivity contribution in [2.45, 2.75) is 52.6 Å². The first-order valence-electron chi connectivity index (χ1n) is 20.7. The number of carbonyl (C=O) groups excluding carboxylic acids is 2. The number of amides is 2. The van der Waals surface area contributed by atoms with E-state index in [0.29, 0.717) is 91.8 Å². The van der Waals surface area contributed by atoms with Crippen LogP contribution >= 0.6 is 22.6 Å². The standard InChI is InChI=1S/C43H48F5IN10O5/c1-42(2,13-21-63-43(3,4)14-22-64-55-37(60)27-10-11-28(44)33(46)34(27)50-30-12-9-26(49)25-29(30)45)38(61)56-15-17-57(18-16-56)39-52-40(58-19-23-62-24-20-58)54-41(53-39)59-32-8-6-5-7-31(32)51-36(59)35(47)48/h5-12,25,35,50H,13-24H2,1-4H3,(H,55,60). The van der Waals surface area contributed by atoms with E-state index in [9.17, 15) is 31.5 Å². The van der Waals surface area contributed by atoms with Gasteiger partial charge in [-0.25, -0.2) is 32.4 Å². The molecule has 4 heterocycles. The fourth-order valence-corrected chi connectivity index (χ4v) is 7.70. The molecule has 2 aliphatic rings. The normalized spacial score (nSPS) is 15.0. The Balaban J connectivity index is 0.918. The first-order chi connectivity index (χ1) is 30.5. The van der Waals surface area contributed by atoms with Gasteiger partial charge in [-0.2, -0.15) is 15.0 Å². The van der Waals surface area contributed by atoms with Crippen LogP contribution in [0.25, 0.3) is 17.0 Å². The van der Waals surface area contributed by atoms with Crippen LogP contribution in [0, 0.1) is 26.4 Å². The predicted octanol–water partition coefficient (Wildman–Crippen LogP) is 7.36. The van der Waals surface area contributed by atoms with Crippen molar-refractivity contribution in [2.75, 3.05) is 80.8 Å². The third-order valence-corrected chi connectivity index (χ3v) is 11.7. The molecule has 15 nitrogen and oxygen atoms in total. The van der Waals surface area contributed by atoms with Crippen molar-refractivity contribution in [1.29, 1.82) is 0 Å². The van der Waals surface area contributed by atoms with Gasteiger partial charge in [0.05, 0.1) is 53.4 Å². The number of ether oxygens (including phenoxy) is 2. The lowest BCUT2D eigenvalue weighted by molar-refractivity contribution is -0.143. The number of fused-ring (bicyclic) bond motifs is 1. The van der Waals surface area contributed by atoms with Crippen LogP contribution in [0.4, 0.5) is 45.2 Å². The van der Waals surface area contributed by atoms with Gasteiger partial charge < -0.3 is 29.5 Å². The Morgan fingerprint density at radius 1 is 0.812 bits per heavy atom. The molecule has 2 aliphatic heterocycles. The van der Waals surface area contributed by atoms with Crippen molar-refractivity contribution < 1.29 is 45.9 Å². The van der Waals surface area contributed by atoms with Crippen molar-refractivity contribution in [3.05, 3.63) is 87.0 Å². The molecule has 0 saturated carbocycles. The Morgan fingerprint density at radius 3 is 2.17 bits per heavy atom. The maximum atomic E-state index is 14.8. The zero-order valence-corrected chi connectivity index (χ0v) is 37.8. The van der Waals surface area contributed by atoms with Crippen LogP contribution in [0.3, 0.4) is 0 Å². The largest absolute Gasteiger partial charge is 0.378 e. The van der Waals surface area contributed by atoms with Gasteiger partial charge in [-0.3, -0.25) is 19.0 Å². The quantitative estimate of drug-likeness (QED) is 0.0440. The molecular weight excluding hydrogens is 958 g/mol. The summed E-state index contributed by atoms with van der Waals surface area (Å²) < 4.78 is 85.7. The number of halogens is 6. The lowest BCUT2D eigenvalue weighted by Crippen LogP contribution is -2.53. The van der Waals surface area contributed by atoms with E-state index in [4.69, 9.17) is 24.3 Å².